The first-order valence-electron chi connectivity index (χ1n) is 7.04. The molecule has 1 saturated carbocycles. The molecular weight excluding hydrogens is 278 g/mol. The maximum Gasteiger partial charge on any atom is 0.162 e. The SMILES string of the molecule is COc1cc(Cl)cc(CNCC2CCCC(O)C2)c1O. The van der Waals surface area contributed by atoms with E-state index in [9.17, 15) is 10.2 Å². The second-order valence-corrected chi connectivity index (χ2v) is 5.87. The van der Waals surface area contributed by atoms with Crippen LogP contribution in [0.1, 0.15) is 31.2 Å². The highest BCUT2D eigenvalue weighted by atomic mass is 35.5. The van der Waals surface area contributed by atoms with Gasteiger partial charge in [0.1, 0.15) is 0 Å². The number of phenolic OH excluding ortho intramolecular Hbond substituents is 1. The normalized spacial score (nSPS) is 22.8. The molecule has 1 aromatic rings. The van der Waals surface area contributed by atoms with Crippen LogP contribution in [0, 0.1) is 5.92 Å². The van der Waals surface area contributed by atoms with Crippen molar-refractivity contribution in [2.75, 3.05) is 13.7 Å². The van der Waals surface area contributed by atoms with E-state index in [0.717, 1.165) is 37.8 Å². The number of hydrogen-bond donors (Lipinski definition) is 3. The van der Waals surface area contributed by atoms with Crippen molar-refractivity contribution < 1.29 is 14.9 Å². The van der Waals surface area contributed by atoms with Crippen LogP contribution in [0.3, 0.4) is 0 Å². The quantitative estimate of drug-likeness (QED) is 0.782. The van der Waals surface area contributed by atoms with Gasteiger partial charge in [-0.15, -0.1) is 0 Å². The highest BCUT2D eigenvalue weighted by Gasteiger charge is 2.19. The van der Waals surface area contributed by atoms with Gasteiger partial charge >= 0.3 is 0 Å². The number of nitrogens with one attached hydrogen (secondary N) is 1. The molecule has 112 valence electrons. The zero-order chi connectivity index (χ0) is 14.5. The Labute approximate surface area is 124 Å². The Morgan fingerprint density at radius 2 is 2.20 bits per heavy atom. The molecule has 0 heterocycles. The highest BCUT2D eigenvalue weighted by molar-refractivity contribution is 6.30. The van der Waals surface area contributed by atoms with Gasteiger partial charge < -0.3 is 20.3 Å². The van der Waals surface area contributed by atoms with E-state index in [1.807, 2.05) is 0 Å². The van der Waals surface area contributed by atoms with Gasteiger partial charge in [-0.1, -0.05) is 18.0 Å². The Balaban J connectivity index is 1.89. The van der Waals surface area contributed by atoms with E-state index in [2.05, 4.69) is 5.32 Å². The maximum atomic E-state index is 10.0. The number of hydrogen-bond acceptors (Lipinski definition) is 4. The number of rotatable bonds is 5. The Morgan fingerprint density at radius 3 is 2.90 bits per heavy atom. The number of aliphatic hydroxyl groups excluding tert-OH is 1. The summed E-state index contributed by atoms with van der Waals surface area (Å²) in [4.78, 5) is 0. The van der Waals surface area contributed by atoms with Crippen molar-refractivity contribution in [3.8, 4) is 11.5 Å². The van der Waals surface area contributed by atoms with Gasteiger partial charge in [-0.2, -0.15) is 0 Å². The molecular formula is C15H22ClNO3. The average molecular weight is 300 g/mol. The molecule has 1 aliphatic carbocycles. The van der Waals surface area contributed by atoms with Crippen LogP contribution < -0.4 is 10.1 Å². The summed E-state index contributed by atoms with van der Waals surface area (Å²) < 4.78 is 5.08. The summed E-state index contributed by atoms with van der Waals surface area (Å²) in [5.74, 6) is 1.03. The van der Waals surface area contributed by atoms with E-state index >= 15 is 0 Å². The summed E-state index contributed by atoms with van der Waals surface area (Å²) in [5.41, 5.74) is 0.728. The van der Waals surface area contributed by atoms with Gasteiger partial charge in [0.2, 0.25) is 0 Å². The fourth-order valence-corrected chi connectivity index (χ4v) is 3.01. The van der Waals surface area contributed by atoms with Gasteiger partial charge in [0, 0.05) is 23.2 Å². The summed E-state index contributed by atoms with van der Waals surface area (Å²) >= 11 is 6.00. The van der Waals surface area contributed by atoms with Gasteiger partial charge in [-0.3, -0.25) is 0 Å². The Bertz CT molecular complexity index is 453. The number of methoxy groups -OCH3 is 1. The summed E-state index contributed by atoms with van der Waals surface area (Å²) in [6.45, 7) is 1.38. The van der Waals surface area contributed by atoms with Gasteiger partial charge in [0.25, 0.3) is 0 Å². The molecule has 0 radical (unpaired) electrons. The van der Waals surface area contributed by atoms with E-state index in [-0.39, 0.29) is 11.9 Å². The first-order valence-corrected chi connectivity index (χ1v) is 7.42. The minimum absolute atomic E-state index is 0.132. The minimum atomic E-state index is -0.157. The van der Waals surface area contributed by atoms with Crippen LogP contribution in [0.2, 0.25) is 5.02 Å². The van der Waals surface area contributed by atoms with Crippen molar-refractivity contribution in [3.63, 3.8) is 0 Å². The van der Waals surface area contributed by atoms with Crippen LogP contribution in [0.4, 0.5) is 0 Å². The van der Waals surface area contributed by atoms with Gasteiger partial charge in [-0.05, 0) is 37.8 Å². The molecule has 2 rings (SSSR count). The summed E-state index contributed by atoms with van der Waals surface area (Å²) in [5, 5.41) is 23.5. The summed E-state index contributed by atoms with van der Waals surface area (Å²) in [6, 6.07) is 3.33. The third-order valence-corrected chi connectivity index (χ3v) is 4.06. The molecule has 20 heavy (non-hydrogen) atoms. The van der Waals surface area contributed by atoms with E-state index < -0.39 is 0 Å². The Kier molecular flexibility index (Phi) is 5.52. The number of halogens is 1. The van der Waals surface area contributed by atoms with Gasteiger partial charge in [-0.25, -0.2) is 0 Å². The largest absolute Gasteiger partial charge is 0.504 e. The molecule has 0 bridgehead atoms. The van der Waals surface area contributed by atoms with Crippen molar-refractivity contribution in [2.45, 2.75) is 38.3 Å². The lowest BCUT2D eigenvalue weighted by Crippen LogP contribution is -2.28. The number of ether oxygens (including phenoxy) is 1. The third kappa shape index (κ3) is 4.01. The zero-order valence-corrected chi connectivity index (χ0v) is 12.5. The number of aromatic hydroxyl groups is 1. The molecule has 3 N–H and O–H groups in total. The van der Waals surface area contributed by atoms with Crippen LogP contribution in [0.15, 0.2) is 12.1 Å². The third-order valence-electron chi connectivity index (χ3n) is 3.84. The van der Waals surface area contributed by atoms with Crippen LogP contribution in [-0.4, -0.2) is 30.0 Å². The fourth-order valence-electron chi connectivity index (χ4n) is 2.78. The summed E-state index contributed by atoms with van der Waals surface area (Å²) in [6.07, 6.45) is 3.86. The van der Waals surface area contributed by atoms with Crippen molar-refractivity contribution in [1.29, 1.82) is 0 Å². The first kappa shape index (κ1) is 15.4. The van der Waals surface area contributed by atoms with Crippen molar-refractivity contribution >= 4 is 11.6 Å². The highest BCUT2D eigenvalue weighted by Crippen LogP contribution is 2.33. The average Bonchev–Trinajstić information content (AvgIpc) is 2.42. The second kappa shape index (κ2) is 7.16. The number of phenols is 1. The van der Waals surface area contributed by atoms with Crippen molar-refractivity contribution in [2.24, 2.45) is 5.92 Å². The molecule has 5 heteroatoms. The smallest absolute Gasteiger partial charge is 0.162 e. The molecule has 2 unspecified atom stereocenters. The molecule has 0 saturated heterocycles. The lowest BCUT2D eigenvalue weighted by molar-refractivity contribution is 0.101. The zero-order valence-electron chi connectivity index (χ0n) is 11.7. The van der Waals surface area contributed by atoms with Crippen LogP contribution in [0.25, 0.3) is 0 Å². The molecule has 0 aliphatic heterocycles. The Hall–Kier alpha value is -0.970. The second-order valence-electron chi connectivity index (χ2n) is 5.43. The van der Waals surface area contributed by atoms with Gasteiger partial charge in [0.05, 0.1) is 13.2 Å². The summed E-state index contributed by atoms with van der Waals surface area (Å²) in [7, 11) is 1.51. The van der Waals surface area contributed by atoms with E-state index in [1.54, 1.807) is 12.1 Å². The van der Waals surface area contributed by atoms with E-state index in [1.165, 1.54) is 7.11 Å². The monoisotopic (exact) mass is 299 g/mol. The molecule has 0 spiro atoms. The molecule has 0 amide bonds. The number of aliphatic hydroxyl groups is 1. The van der Waals surface area contributed by atoms with E-state index in [0.29, 0.717) is 23.2 Å². The van der Waals surface area contributed by atoms with Crippen molar-refractivity contribution in [3.05, 3.63) is 22.7 Å². The predicted octanol–water partition coefficient (Wildman–Crippen LogP) is 2.69. The predicted molar refractivity (Wildman–Crippen MR) is 79.3 cm³/mol. The number of benzene rings is 1. The van der Waals surface area contributed by atoms with Crippen molar-refractivity contribution in [1.82, 2.24) is 5.32 Å². The first-order chi connectivity index (χ1) is 9.60. The van der Waals surface area contributed by atoms with Crippen LogP contribution in [-0.2, 0) is 6.54 Å². The lowest BCUT2D eigenvalue weighted by Gasteiger charge is -2.26. The van der Waals surface area contributed by atoms with Crippen LogP contribution >= 0.6 is 11.6 Å². The molecule has 1 aliphatic rings. The Morgan fingerprint density at radius 1 is 1.40 bits per heavy atom. The van der Waals surface area contributed by atoms with E-state index in [4.69, 9.17) is 16.3 Å². The topological polar surface area (TPSA) is 61.7 Å². The van der Waals surface area contributed by atoms with Crippen LogP contribution in [0.5, 0.6) is 11.5 Å². The maximum absolute atomic E-state index is 10.0. The molecule has 4 nitrogen and oxygen atoms in total. The molecule has 1 aromatic carbocycles. The lowest BCUT2D eigenvalue weighted by atomic mass is 9.87. The molecule has 0 aromatic heterocycles. The molecule has 2 atom stereocenters. The minimum Gasteiger partial charge on any atom is -0.504 e. The fraction of sp³-hybridized carbons (Fsp3) is 0.600. The standard InChI is InChI=1S/C15H22ClNO3/c1-20-14-7-12(16)6-11(15(14)19)9-17-8-10-3-2-4-13(18)5-10/h6-7,10,13,17-19H,2-5,8-9H2,1H3. The molecule has 1 fully saturated rings. The van der Waals surface area contributed by atoms with Gasteiger partial charge in [0.15, 0.2) is 11.5 Å².